The normalized spacial score (nSPS) is 11.1. The molecular formula is C16H13ClF3NO2. The van der Waals surface area contributed by atoms with E-state index in [2.05, 4.69) is 10.1 Å². The van der Waals surface area contributed by atoms with Gasteiger partial charge in [0.05, 0.1) is 0 Å². The van der Waals surface area contributed by atoms with Crippen molar-refractivity contribution in [1.82, 2.24) is 5.32 Å². The Bertz CT molecular complexity index is 672. The topological polar surface area (TPSA) is 38.3 Å². The Morgan fingerprint density at radius 3 is 2.43 bits per heavy atom. The molecule has 2 rings (SSSR count). The van der Waals surface area contributed by atoms with Crippen LogP contribution in [0.1, 0.15) is 15.9 Å². The van der Waals surface area contributed by atoms with Gasteiger partial charge in [0.2, 0.25) is 0 Å². The number of carbonyl (C=O) groups excluding carboxylic acids is 1. The smallest absolute Gasteiger partial charge is 0.422 e. The molecule has 3 nitrogen and oxygen atoms in total. The number of carbonyl (C=O) groups is 1. The number of ether oxygens (including phenoxy) is 1. The Morgan fingerprint density at radius 1 is 1.13 bits per heavy atom. The number of hydrogen-bond acceptors (Lipinski definition) is 2. The minimum absolute atomic E-state index is 0.118. The maximum Gasteiger partial charge on any atom is 0.422 e. The summed E-state index contributed by atoms with van der Waals surface area (Å²) in [6.07, 6.45) is -4.37. The molecule has 7 heteroatoms. The van der Waals surface area contributed by atoms with Crippen LogP contribution in [0.3, 0.4) is 0 Å². The van der Waals surface area contributed by atoms with E-state index in [0.717, 1.165) is 5.56 Å². The molecule has 1 N–H and O–H groups in total. The fourth-order valence-electron chi connectivity index (χ4n) is 1.78. The summed E-state index contributed by atoms with van der Waals surface area (Å²) >= 11 is 5.81. The third-order valence-electron chi connectivity index (χ3n) is 2.87. The van der Waals surface area contributed by atoms with Gasteiger partial charge in [-0.2, -0.15) is 13.2 Å². The van der Waals surface area contributed by atoms with Gasteiger partial charge in [-0.25, -0.2) is 0 Å². The maximum atomic E-state index is 12.0. The molecule has 2 aromatic carbocycles. The SMILES string of the molecule is O=C(NCc1ccc(OCC(F)(F)F)cc1)c1cccc(Cl)c1. The van der Waals surface area contributed by atoms with Crippen LogP contribution >= 0.6 is 11.6 Å². The lowest BCUT2D eigenvalue weighted by molar-refractivity contribution is -0.153. The Hall–Kier alpha value is -2.21. The van der Waals surface area contributed by atoms with Crippen LogP contribution in [-0.4, -0.2) is 18.7 Å². The molecule has 2 aromatic rings. The molecule has 0 aromatic heterocycles. The molecule has 0 saturated carbocycles. The van der Waals surface area contributed by atoms with Gasteiger partial charge in [-0.1, -0.05) is 29.8 Å². The molecule has 0 heterocycles. The van der Waals surface area contributed by atoms with Crippen LogP contribution in [-0.2, 0) is 6.54 Å². The highest BCUT2D eigenvalue weighted by Crippen LogP contribution is 2.19. The van der Waals surface area contributed by atoms with Crippen LogP contribution in [0.5, 0.6) is 5.75 Å². The average molecular weight is 344 g/mol. The van der Waals surface area contributed by atoms with E-state index in [1.165, 1.54) is 12.1 Å². The lowest BCUT2D eigenvalue weighted by Crippen LogP contribution is -2.22. The van der Waals surface area contributed by atoms with Crippen molar-refractivity contribution in [3.63, 3.8) is 0 Å². The van der Waals surface area contributed by atoms with Gasteiger partial charge in [0.25, 0.3) is 5.91 Å². The molecule has 0 saturated heterocycles. The predicted octanol–water partition coefficient (Wildman–Crippen LogP) is 4.21. The lowest BCUT2D eigenvalue weighted by atomic mass is 10.2. The maximum absolute atomic E-state index is 12.0. The second-order valence-electron chi connectivity index (χ2n) is 4.74. The van der Waals surface area contributed by atoms with E-state index in [9.17, 15) is 18.0 Å². The highest BCUT2D eigenvalue weighted by molar-refractivity contribution is 6.30. The Morgan fingerprint density at radius 2 is 1.83 bits per heavy atom. The van der Waals surface area contributed by atoms with Gasteiger partial charge in [0.1, 0.15) is 5.75 Å². The van der Waals surface area contributed by atoms with Crippen molar-refractivity contribution in [2.24, 2.45) is 0 Å². The quantitative estimate of drug-likeness (QED) is 0.883. The zero-order valence-electron chi connectivity index (χ0n) is 11.9. The van der Waals surface area contributed by atoms with E-state index in [4.69, 9.17) is 11.6 Å². The summed E-state index contributed by atoms with van der Waals surface area (Å²) in [5.74, 6) is -0.169. The fourth-order valence-corrected chi connectivity index (χ4v) is 1.97. The first-order valence-corrected chi connectivity index (χ1v) is 7.03. The van der Waals surface area contributed by atoms with Crippen molar-refractivity contribution >= 4 is 17.5 Å². The van der Waals surface area contributed by atoms with Gasteiger partial charge in [0, 0.05) is 17.1 Å². The number of rotatable bonds is 5. The summed E-state index contributed by atoms with van der Waals surface area (Å²) in [6, 6.07) is 12.5. The van der Waals surface area contributed by atoms with E-state index in [1.807, 2.05) is 0 Å². The largest absolute Gasteiger partial charge is 0.484 e. The highest BCUT2D eigenvalue weighted by atomic mass is 35.5. The molecule has 0 spiro atoms. The predicted molar refractivity (Wildman–Crippen MR) is 80.6 cm³/mol. The third kappa shape index (κ3) is 5.83. The van der Waals surface area contributed by atoms with Gasteiger partial charge in [-0.3, -0.25) is 4.79 Å². The van der Waals surface area contributed by atoms with Crippen LogP contribution < -0.4 is 10.1 Å². The van der Waals surface area contributed by atoms with Gasteiger partial charge in [0.15, 0.2) is 6.61 Å². The summed E-state index contributed by atoms with van der Waals surface area (Å²) in [5, 5.41) is 3.16. The summed E-state index contributed by atoms with van der Waals surface area (Å²) in [5.41, 5.74) is 1.17. The number of amides is 1. The second kappa shape index (κ2) is 7.37. The van der Waals surface area contributed by atoms with Crippen LogP contribution in [0, 0.1) is 0 Å². The van der Waals surface area contributed by atoms with Crippen molar-refractivity contribution in [2.45, 2.75) is 12.7 Å². The number of benzene rings is 2. The van der Waals surface area contributed by atoms with Crippen molar-refractivity contribution in [2.75, 3.05) is 6.61 Å². The monoisotopic (exact) mass is 343 g/mol. The molecule has 0 radical (unpaired) electrons. The van der Waals surface area contributed by atoms with Crippen LogP contribution in [0.2, 0.25) is 5.02 Å². The lowest BCUT2D eigenvalue weighted by Gasteiger charge is -2.10. The van der Waals surface area contributed by atoms with Crippen LogP contribution in [0.25, 0.3) is 0 Å². The fraction of sp³-hybridized carbons (Fsp3) is 0.188. The van der Waals surface area contributed by atoms with E-state index >= 15 is 0 Å². The number of hydrogen-bond donors (Lipinski definition) is 1. The Balaban J connectivity index is 1.87. The molecule has 0 aliphatic carbocycles. The molecule has 0 aliphatic heterocycles. The molecule has 0 bridgehead atoms. The zero-order valence-corrected chi connectivity index (χ0v) is 12.6. The number of nitrogens with one attached hydrogen (secondary N) is 1. The minimum atomic E-state index is -4.37. The molecular weight excluding hydrogens is 331 g/mol. The molecule has 1 amide bonds. The molecule has 0 aliphatic rings. The molecule has 0 unspecified atom stereocenters. The first-order valence-electron chi connectivity index (χ1n) is 6.66. The van der Waals surface area contributed by atoms with Crippen molar-refractivity contribution < 1.29 is 22.7 Å². The van der Waals surface area contributed by atoms with E-state index in [0.29, 0.717) is 10.6 Å². The summed E-state index contributed by atoms with van der Waals surface area (Å²) in [4.78, 5) is 11.9. The third-order valence-corrected chi connectivity index (χ3v) is 3.10. The van der Waals surface area contributed by atoms with Crippen molar-refractivity contribution in [1.29, 1.82) is 0 Å². The standard InChI is InChI=1S/C16H13ClF3NO2/c17-13-3-1-2-12(8-13)15(22)21-9-11-4-6-14(7-5-11)23-10-16(18,19)20/h1-8H,9-10H2,(H,21,22). The van der Waals surface area contributed by atoms with E-state index < -0.39 is 12.8 Å². The molecule has 122 valence electrons. The Labute approximate surface area is 136 Å². The highest BCUT2D eigenvalue weighted by Gasteiger charge is 2.28. The van der Waals surface area contributed by atoms with Gasteiger partial charge in [-0.05, 0) is 35.9 Å². The number of alkyl halides is 3. The van der Waals surface area contributed by atoms with Crippen LogP contribution in [0.4, 0.5) is 13.2 Å². The average Bonchev–Trinajstić information content (AvgIpc) is 2.51. The second-order valence-corrected chi connectivity index (χ2v) is 5.18. The molecule has 0 fully saturated rings. The van der Waals surface area contributed by atoms with E-state index in [-0.39, 0.29) is 18.2 Å². The minimum Gasteiger partial charge on any atom is -0.484 e. The summed E-state index contributed by atoms with van der Waals surface area (Å²) in [7, 11) is 0. The van der Waals surface area contributed by atoms with Gasteiger partial charge < -0.3 is 10.1 Å². The van der Waals surface area contributed by atoms with Gasteiger partial charge >= 0.3 is 6.18 Å². The first kappa shape index (κ1) is 17.1. The Kier molecular flexibility index (Phi) is 5.50. The van der Waals surface area contributed by atoms with Crippen molar-refractivity contribution in [3.05, 3.63) is 64.7 Å². The first-order chi connectivity index (χ1) is 10.8. The molecule has 0 atom stereocenters. The number of halogens is 4. The van der Waals surface area contributed by atoms with Crippen LogP contribution in [0.15, 0.2) is 48.5 Å². The zero-order chi connectivity index (χ0) is 16.9. The van der Waals surface area contributed by atoms with Crippen molar-refractivity contribution in [3.8, 4) is 5.75 Å². The summed E-state index contributed by atoms with van der Waals surface area (Å²) < 4.78 is 40.7. The van der Waals surface area contributed by atoms with E-state index in [1.54, 1.807) is 36.4 Å². The molecule has 23 heavy (non-hydrogen) atoms. The van der Waals surface area contributed by atoms with Gasteiger partial charge in [-0.15, -0.1) is 0 Å². The summed E-state index contributed by atoms with van der Waals surface area (Å²) in [6.45, 7) is -1.09.